The fourth-order valence-corrected chi connectivity index (χ4v) is 3.49. The van der Waals surface area contributed by atoms with E-state index in [0.29, 0.717) is 36.0 Å². The summed E-state index contributed by atoms with van der Waals surface area (Å²) in [5.74, 6) is 0.438. The van der Waals surface area contributed by atoms with Gasteiger partial charge in [0, 0.05) is 31.1 Å². The minimum atomic E-state index is -0.573. The van der Waals surface area contributed by atoms with Crippen LogP contribution in [0.3, 0.4) is 0 Å². The first-order valence-corrected chi connectivity index (χ1v) is 9.58. The van der Waals surface area contributed by atoms with Crippen LogP contribution in [0.5, 0.6) is 0 Å². The first-order chi connectivity index (χ1) is 13.0. The number of esters is 1. The second-order valence-electron chi connectivity index (χ2n) is 6.17. The lowest BCUT2D eigenvalue weighted by atomic mass is 10.3. The molecule has 1 amide bonds. The number of carbonyl (C=O) groups is 2. The van der Waals surface area contributed by atoms with Gasteiger partial charge in [0.25, 0.3) is 5.91 Å². The van der Waals surface area contributed by atoms with Crippen LogP contribution in [-0.4, -0.2) is 59.3 Å². The molecule has 1 atom stereocenters. The van der Waals surface area contributed by atoms with E-state index in [1.54, 1.807) is 23.2 Å². The molecule has 2 aromatic heterocycles. The summed E-state index contributed by atoms with van der Waals surface area (Å²) in [5, 5.41) is 4.45. The number of nitrogens with zero attached hydrogens (tertiary/aromatic N) is 3. The number of aromatic nitrogens is 2. The summed E-state index contributed by atoms with van der Waals surface area (Å²) in [6.45, 7) is 4.92. The molecule has 0 bridgehead atoms. The summed E-state index contributed by atoms with van der Waals surface area (Å²) in [7, 11) is 0. The molecule has 1 aliphatic rings. The first-order valence-electron chi connectivity index (χ1n) is 8.59. The lowest BCUT2D eigenvalue weighted by molar-refractivity contribution is -0.141. The number of thioether (sulfide) groups is 1. The molecule has 0 aromatic carbocycles. The molecule has 0 N–H and O–H groups in total. The molecule has 144 valence electrons. The van der Waals surface area contributed by atoms with Crippen LogP contribution < -0.4 is 0 Å². The van der Waals surface area contributed by atoms with Gasteiger partial charge in [0.1, 0.15) is 10.8 Å². The van der Waals surface area contributed by atoms with Crippen LogP contribution >= 0.6 is 11.8 Å². The van der Waals surface area contributed by atoms with Crippen molar-refractivity contribution in [3.8, 4) is 0 Å². The standard InChI is InChI=1S/C18H21N3O5S/c1-12-8-14(20-26-12)11-27-17-15(4-3-5-19-17)18(23)25-10-16(22)21-6-7-24-13(2)9-21/h3-5,8,13H,6-7,9-11H2,1-2H3. The van der Waals surface area contributed by atoms with Gasteiger partial charge in [0.05, 0.1) is 24.0 Å². The third kappa shape index (κ3) is 5.30. The quantitative estimate of drug-likeness (QED) is 0.546. The third-order valence-electron chi connectivity index (χ3n) is 3.95. The van der Waals surface area contributed by atoms with Crippen LogP contribution in [0.1, 0.15) is 28.7 Å². The normalized spacial score (nSPS) is 17.0. The van der Waals surface area contributed by atoms with E-state index in [9.17, 15) is 9.59 Å². The van der Waals surface area contributed by atoms with Crippen LogP contribution in [0.15, 0.2) is 33.9 Å². The van der Waals surface area contributed by atoms with E-state index in [1.807, 2.05) is 19.9 Å². The molecule has 8 nitrogen and oxygen atoms in total. The smallest absolute Gasteiger partial charge is 0.341 e. The van der Waals surface area contributed by atoms with E-state index in [4.69, 9.17) is 14.0 Å². The lowest BCUT2D eigenvalue weighted by Crippen LogP contribution is -2.46. The van der Waals surface area contributed by atoms with Gasteiger partial charge in [-0.25, -0.2) is 9.78 Å². The summed E-state index contributed by atoms with van der Waals surface area (Å²) >= 11 is 1.36. The van der Waals surface area contributed by atoms with Gasteiger partial charge in [0.15, 0.2) is 6.61 Å². The van der Waals surface area contributed by atoms with E-state index in [-0.39, 0.29) is 18.6 Å². The fraction of sp³-hybridized carbons (Fsp3) is 0.444. The molecule has 3 rings (SSSR count). The fourth-order valence-electron chi connectivity index (χ4n) is 2.63. The zero-order valence-electron chi connectivity index (χ0n) is 15.2. The summed E-state index contributed by atoms with van der Waals surface area (Å²) in [4.78, 5) is 30.5. The molecule has 1 aliphatic heterocycles. The Hall–Kier alpha value is -2.39. The molecule has 0 radical (unpaired) electrons. The number of morpholine rings is 1. The van der Waals surface area contributed by atoms with Gasteiger partial charge >= 0.3 is 5.97 Å². The van der Waals surface area contributed by atoms with E-state index < -0.39 is 5.97 Å². The highest BCUT2D eigenvalue weighted by Gasteiger charge is 2.23. The van der Waals surface area contributed by atoms with E-state index in [2.05, 4.69) is 10.1 Å². The molecular weight excluding hydrogens is 370 g/mol. The van der Waals surface area contributed by atoms with Crippen molar-refractivity contribution >= 4 is 23.6 Å². The van der Waals surface area contributed by atoms with Crippen molar-refractivity contribution in [2.24, 2.45) is 0 Å². The van der Waals surface area contributed by atoms with Crippen molar-refractivity contribution in [1.82, 2.24) is 15.0 Å². The van der Waals surface area contributed by atoms with E-state index >= 15 is 0 Å². The van der Waals surface area contributed by atoms with Crippen molar-refractivity contribution in [2.75, 3.05) is 26.3 Å². The maximum absolute atomic E-state index is 12.4. The zero-order valence-corrected chi connectivity index (χ0v) is 16.0. The molecular formula is C18H21N3O5S. The highest BCUT2D eigenvalue weighted by atomic mass is 32.2. The van der Waals surface area contributed by atoms with Crippen LogP contribution in [-0.2, 0) is 20.0 Å². The second-order valence-corrected chi connectivity index (χ2v) is 7.14. The Kier molecular flexibility index (Phi) is 6.46. The number of aryl methyl sites for hydroxylation is 1. The molecule has 1 saturated heterocycles. The van der Waals surface area contributed by atoms with E-state index in [0.717, 1.165) is 11.5 Å². The van der Waals surface area contributed by atoms with Crippen molar-refractivity contribution in [3.63, 3.8) is 0 Å². The SMILES string of the molecule is Cc1cc(CSc2ncccc2C(=O)OCC(=O)N2CCOC(C)C2)no1. The van der Waals surface area contributed by atoms with Crippen LogP contribution in [0.4, 0.5) is 0 Å². The topological polar surface area (TPSA) is 94.8 Å². The molecule has 27 heavy (non-hydrogen) atoms. The summed E-state index contributed by atoms with van der Waals surface area (Å²) in [6.07, 6.45) is 1.59. The molecule has 9 heteroatoms. The lowest BCUT2D eigenvalue weighted by Gasteiger charge is -2.30. The Morgan fingerprint density at radius 3 is 3.04 bits per heavy atom. The van der Waals surface area contributed by atoms with Crippen molar-refractivity contribution in [2.45, 2.75) is 30.7 Å². The second kappa shape index (κ2) is 9.01. The van der Waals surface area contributed by atoms with Crippen LogP contribution in [0.2, 0.25) is 0 Å². The van der Waals surface area contributed by atoms with Crippen molar-refractivity contribution < 1.29 is 23.6 Å². The van der Waals surface area contributed by atoms with Gasteiger partial charge < -0.3 is 18.9 Å². The Balaban J connectivity index is 1.57. The molecule has 1 unspecified atom stereocenters. The predicted octanol–water partition coefficient (Wildman–Crippen LogP) is 2.07. The number of amides is 1. The highest BCUT2D eigenvalue weighted by Crippen LogP contribution is 2.24. The van der Waals surface area contributed by atoms with Gasteiger partial charge in [-0.2, -0.15) is 0 Å². The van der Waals surface area contributed by atoms with Gasteiger partial charge in [-0.05, 0) is 26.0 Å². The van der Waals surface area contributed by atoms with Crippen molar-refractivity contribution in [1.29, 1.82) is 0 Å². The van der Waals surface area contributed by atoms with Gasteiger partial charge in [-0.1, -0.05) is 16.9 Å². The average Bonchev–Trinajstić information content (AvgIpc) is 3.09. The van der Waals surface area contributed by atoms with Gasteiger partial charge in [0.2, 0.25) is 0 Å². The first kappa shape index (κ1) is 19.4. The maximum atomic E-state index is 12.4. The summed E-state index contributed by atoms with van der Waals surface area (Å²) < 4.78 is 15.7. The number of ether oxygens (including phenoxy) is 2. The Bertz CT molecular complexity index is 810. The minimum Gasteiger partial charge on any atom is -0.452 e. The monoisotopic (exact) mass is 391 g/mol. The Morgan fingerprint density at radius 1 is 1.44 bits per heavy atom. The Morgan fingerprint density at radius 2 is 2.30 bits per heavy atom. The zero-order chi connectivity index (χ0) is 19.2. The molecule has 0 aliphatic carbocycles. The number of hydrogen-bond acceptors (Lipinski definition) is 8. The number of hydrogen-bond donors (Lipinski definition) is 0. The maximum Gasteiger partial charge on any atom is 0.341 e. The summed E-state index contributed by atoms with van der Waals surface area (Å²) in [6, 6.07) is 5.12. The average molecular weight is 391 g/mol. The van der Waals surface area contributed by atoms with Crippen molar-refractivity contribution in [3.05, 3.63) is 41.4 Å². The Labute approximate surface area is 161 Å². The predicted molar refractivity (Wildman–Crippen MR) is 97.3 cm³/mol. The van der Waals surface area contributed by atoms with E-state index in [1.165, 1.54) is 11.8 Å². The molecule has 1 fully saturated rings. The van der Waals surface area contributed by atoms with Gasteiger partial charge in [-0.15, -0.1) is 0 Å². The number of pyridine rings is 1. The number of carbonyl (C=O) groups excluding carboxylic acids is 2. The highest BCUT2D eigenvalue weighted by molar-refractivity contribution is 7.98. The summed E-state index contributed by atoms with van der Waals surface area (Å²) in [5.41, 5.74) is 1.09. The number of rotatable bonds is 6. The third-order valence-corrected chi connectivity index (χ3v) is 4.98. The largest absolute Gasteiger partial charge is 0.452 e. The molecule has 0 saturated carbocycles. The molecule has 0 spiro atoms. The van der Waals surface area contributed by atoms with Gasteiger partial charge in [-0.3, -0.25) is 4.79 Å². The molecule has 3 heterocycles. The molecule has 2 aromatic rings. The van der Waals surface area contributed by atoms with Crippen LogP contribution in [0.25, 0.3) is 0 Å². The van der Waals surface area contributed by atoms with Crippen LogP contribution in [0, 0.1) is 6.92 Å². The minimum absolute atomic E-state index is 0.0140.